The maximum Gasteiger partial charge on any atom is 0.204 e. The summed E-state index contributed by atoms with van der Waals surface area (Å²) in [5.41, 5.74) is 1.29. The minimum absolute atomic E-state index is 0.140. The van der Waals surface area contributed by atoms with E-state index in [1.807, 2.05) is 18.4 Å². The molecule has 2 aromatic rings. The summed E-state index contributed by atoms with van der Waals surface area (Å²) < 4.78 is 13.5. The van der Waals surface area contributed by atoms with Gasteiger partial charge in [0, 0.05) is 5.56 Å². The fraction of sp³-hybridized carbons (Fsp3) is 0.0833. The number of ketones is 1. The van der Waals surface area contributed by atoms with Crippen LogP contribution in [0.4, 0.5) is 4.39 Å². The van der Waals surface area contributed by atoms with Gasteiger partial charge in [0.15, 0.2) is 0 Å². The number of aryl methyl sites for hydroxylation is 1. The van der Waals surface area contributed by atoms with Crippen molar-refractivity contribution in [1.29, 1.82) is 0 Å². The predicted octanol–water partition coefficient (Wildman–Crippen LogP) is 4.19. The van der Waals surface area contributed by atoms with E-state index in [-0.39, 0.29) is 10.3 Å². The Bertz CT molecular complexity index is 548. The molecule has 0 aliphatic rings. The Labute approximate surface area is 105 Å². The third-order valence-electron chi connectivity index (χ3n) is 2.26. The van der Waals surface area contributed by atoms with E-state index in [4.69, 9.17) is 0 Å². The second kappa shape index (κ2) is 4.47. The van der Waals surface area contributed by atoms with Crippen LogP contribution in [0.1, 0.15) is 20.8 Å². The fourth-order valence-electron chi connectivity index (χ4n) is 1.41. The normalized spacial score (nSPS) is 10.4. The first-order valence-corrected chi connectivity index (χ1v) is 6.31. The molecule has 0 radical (unpaired) electrons. The van der Waals surface area contributed by atoms with Crippen molar-refractivity contribution in [3.05, 3.63) is 55.9 Å². The van der Waals surface area contributed by atoms with Crippen LogP contribution in [0.2, 0.25) is 0 Å². The van der Waals surface area contributed by atoms with Gasteiger partial charge in [0.2, 0.25) is 5.78 Å². The van der Waals surface area contributed by atoms with Crippen molar-refractivity contribution >= 4 is 33.0 Å². The number of benzene rings is 1. The van der Waals surface area contributed by atoms with E-state index in [9.17, 15) is 9.18 Å². The first-order valence-electron chi connectivity index (χ1n) is 4.64. The molecule has 1 heterocycles. The predicted molar refractivity (Wildman–Crippen MR) is 66.6 cm³/mol. The Kier molecular flexibility index (Phi) is 3.21. The third kappa shape index (κ3) is 1.95. The third-order valence-corrected chi connectivity index (χ3v) is 4.09. The molecule has 1 aromatic heterocycles. The molecule has 16 heavy (non-hydrogen) atoms. The zero-order chi connectivity index (χ0) is 11.7. The van der Waals surface area contributed by atoms with Crippen LogP contribution in [0.3, 0.4) is 0 Å². The van der Waals surface area contributed by atoms with Crippen molar-refractivity contribution in [1.82, 2.24) is 0 Å². The molecule has 0 saturated carbocycles. The first-order chi connectivity index (χ1) is 7.61. The van der Waals surface area contributed by atoms with Gasteiger partial charge in [-0.05, 0) is 52.0 Å². The number of carbonyl (C=O) groups excluding carboxylic acids is 1. The zero-order valence-corrected chi connectivity index (χ0v) is 10.9. The average Bonchev–Trinajstić information content (AvgIpc) is 2.68. The molecule has 0 aliphatic heterocycles. The highest BCUT2D eigenvalue weighted by molar-refractivity contribution is 9.10. The number of rotatable bonds is 2. The fourth-order valence-corrected chi connectivity index (χ4v) is 2.73. The van der Waals surface area contributed by atoms with Gasteiger partial charge in [0.05, 0.1) is 9.35 Å². The summed E-state index contributed by atoms with van der Waals surface area (Å²) in [6, 6.07) is 6.36. The smallest absolute Gasteiger partial charge is 0.204 e. The minimum Gasteiger partial charge on any atom is -0.288 e. The van der Waals surface area contributed by atoms with Gasteiger partial charge in [-0.3, -0.25) is 4.79 Å². The van der Waals surface area contributed by atoms with Crippen molar-refractivity contribution in [3.63, 3.8) is 0 Å². The summed E-state index contributed by atoms with van der Waals surface area (Å²) in [5.74, 6) is -0.557. The lowest BCUT2D eigenvalue weighted by Crippen LogP contribution is -2.02. The molecule has 0 fully saturated rings. The van der Waals surface area contributed by atoms with Gasteiger partial charge in [-0.25, -0.2) is 4.39 Å². The van der Waals surface area contributed by atoms with E-state index in [1.54, 1.807) is 6.07 Å². The molecule has 1 nitrogen and oxygen atoms in total. The molecule has 0 spiro atoms. The van der Waals surface area contributed by atoms with Crippen LogP contribution < -0.4 is 0 Å². The van der Waals surface area contributed by atoms with E-state index in [0.717, 1.165) is 5.56 Å². The lowest BCUT2D eigenvalue weighted by molar-refractivity contribution is 0.104. The SMILES string of the molecule is Cc1ccsc1C(=O)c1cccc(F)c1Br. The van der Waals surface area contributed by atoms with Gasteiger partial charge >= 0.3 is 0 Å². The molecule has 4 heteroatoms. The Balaban J connectivity index is 2.50. The number of hydrogen-bond acceptors (Lipinski definition) is 2. The molecular weight excluding hydrogens is 291 g/mol. The van der Waals surface area contributed by atoms with Crippen molar-refractivity contribution < 1.29 is 9.18 Å². The average molecular weight is 299 g/mol. The van der Waals surface area contributed by atoms with Crippen molar-refractivity contribution in [2.24, 2.45) is 0 Å². The maximum absolute atomic E-state index is 13.3. The Morgan fingerprint density at radius 3 is 2.75 bits per heavy atom. The largest absolute Gasteiger partial charge is 0.288 e. The van der Waals surface area contributed by atoms with E-state index >= 15 is 0 Å². The first kappa shape index (κ1) is 11.5. The zero-order valence-electron chi connectivity index (χ0n) is 8.46. The van der Waals surface area contributed by atoms with Crippen molar-refractivity contribution in [3.8, 4) is 0 Å². The Morgan fingerprint density at radius 1 is 1.38 bits per heavy atom. The van der Waals surface area contributed by atoms with Crippen LogP contribution in [-0.4, -0.2) is 5.78 Å². The highest BCUT2D eigenvalue weighted by atomic mass is 79.9. The molecule has 0 atom stereocenters. The molecule has 0 bridgehead atoms. The van der Waals surface area contributed by atoms with Gasteiger partial charge in [-0.1, -0.05) is 6.07 Å². The quantitative estimate of drug-likeness (QED) is 0.760. The second-order valence-corrected chi connectivity index (χ2v) is 5.07. The molecule has 0 amide bonds. The van der Waals surface area contributed by atoms with E-state index in [0.29, 0.717) is 10.4 Å². The van der Waals surface area contributed by atoms with Gasteiger partial charge < -0.3 is 0 Å². The summed E-state index contributed by atoms with van der Waals surface area (Å²) >= 11 is 4.47. The van der Waals surface area contributed by atoms with Crippen molar-refractivity contribution in [2.75, 3.05) is 0 Å². The molecule has 2 rings (SSSR count). The van der Waals surface area contributed by atoms with Gasteiger partial charge in [-0.2, -0.15) is 0 Å². The van der Waals surface area contributed by atoms with E-state index in [1.165, 1.54) is 23.5 Å². The lowest BCUT2D eigenvalue weighted by atomic mass is 10.1. The monoisotopic (exact) mass is 298 g/mol. The number of hydrogen-bond donors (Lipinski definition) is 0. The highest BCUT2D eigenvalue weighted by Gasteiger charge is 2.17. The summed E-state index contributed by atoms with van der Waals surface area (Å²) in [6.45, 7) is 1.87. The topological polar surface area (TPSA) is 17.1 Å². The molecule has 0 saturated heterocycles. The summed E-state index contributed by atoms with van der Waals surface area (Å²) in [6.07, 6.45) is 0. The molecule has 0 N–H and O–H groups in total. The standard InChI is InChI=1S/C12H8BrFOS/c1-7-5-6-16-12(7)11(15)8-3-2-4-9(14)10(8)13/h2-6H,1H3. The van der Waals surface area contributed by atoms with E-state index in [2.05, 4.69) is 15.9 Å². The van der Waals surface area contributed by atoms with Crippen LogP contribution >= 0.6 is 27.3 Å². The summed E-state index contributed by atoms with van der Waals surface area (Å²) in [4.78, 5) is 12.8. The summed E-state index contributed by atoms with van der Waals surface area (Å²) in [7, 11) is 0. The van der Waals surface area contributed by atoms with Gasteiger partial charge in [0.25, 0.3) is 0 Å². The molecule has 0 unspecified atom stereocenters. The van der Waals surface area contributed by atoms with Crippen LogP contribution in [0, 0.1) is 12.7 Å². The lowest BCUT2D eigenvalue weighted by Gasteiger charge is -2.03. The number of carbonyl (C=O) groups is 1. The maximum atomic E-state index is 13.3. The second-order valence-electron chi connectivity index (χ2n) is 3.36. The molecular formula is C12H8BrFOS. The minimum atomic E-state index is -0.417. The van der Waals surface area contributed by atoms with Crippen LogP contribution in [0.25, 0.3) is 0 Å². The molecule has 0 aliphatic carbocycles. The number of halogens is 2. The molecule has 1 aromatic carbocycles. The van der Waals surface area contributed by atoms with E-state index < -0.39 is 5.82 Å². The van der Waals surface area contributed by atoms with Gasteiger partial charge in [0.1, 0.15) is 5.82 Å². The Hall–Kier alpha value is -1.00. The van der Waals surface area contributed by atoms with Crippen molar-refractivity contribution in [2.45, 2.75) is 6.92 Å². The van der Waals surface area contributed by atoms with Crippen LogP contribution in [-0.2, 0) is 0 Å². The summed E-state index contributed by atoms with van der Waals surface area (Å²) in [5, 5.41) is 1.86. The number of thiophene rings is 1. The van der Waals surface area contributed by atoms with Crippen LogP contribution in [0.5, 0.6) is 0 Å². The Morgan fingerprint density at radius 2 is 2.12 bits per heavy atom. The highest BCUT2D eigenvalue weighted by Crippen LogP contribution is 2.26. The van der Waals surface area contributed by atoms with Crippen LogP contribution in [0.15, 0.2) is 34.1 Å². The molecule has 82 valence electrons. The van der Waals surface area contributed by atoms with Gasteiger partial charge in [-0.15, -0.1) is 11.3 Å².